The van der Waals surface area contributed by atoms with Gasteiger partial charge in [-0.2, -0.15) is 11.8 Å². The van der Waals surface area contributed by atoms with Gasteiger partial charge in [-0.15, -0.1) is 0 Å². The number of nitrogens with one attached hydrogen (secondary N) is 2. The van der Waals surface area contributed by atoms with Crippen molar-refractivity contribution in [3.05, 3.63) is 0 Å². The smallest absolute Gasteiger partial charge is 0.221 e. The number of rotatable bonds is 4. The van der Waals surface area contributed by atoms with Crippen LogP contribution >= 0.6 is 11.8 Å². The molecular weight excluding hydrogens is 284 g/mol. The van der Waals surface area contributed by atoms with Crippen LogP contribution < -0.4 is 10.6 Å². The van der Waals surface area contributed by atoms with Crippen LogP contribution in [0, 0.1) is 0 Å². The molecule has 0 aromatic heterocycles. The van der Waals surface area contributed by atoms with E-state index < -0.39 is 9.84 Å². The van der Waals surface area contributed by atoms with E-state index in [0.717, 1.165) is 12.2 Å². The number of hydrogen-bond acceptors (Lipinski definition) is 5. The minimum atomic E-state index is -2.97. The maximum atomic E-state index is 11.9. The molecule has 2 atom stereocenters. The van der Waals surface area contributed by atoms with E-state index in [1.807, 2.05) is 11.8 Å². The molecule has 7 heteroatoms. The number of carbonyl (C=O) groups is 1. The predicted octanol–water partition coefficient (Wildman–Crippen LogP) is 0.165. The standard InChI is InChI=1S/C12H22N2O3S2/c1-12(3-2-5-18-12)9-14-11(15)7-10-8-19(16,17)6-4-13-10/h10,13H,2-9H2,1H3,(H,14,15). The van der Waals surface area contributed by atoms with Crippen molar-refractivity contribution >= 4 is 27.5 Å². The van der Waals surface area contributed by atoms with Crippen molar-refractivity contribution < 1.29 is 13.2 Å². The lowest BCUT2D eigenvalue weighted by Gasteiger charge is -2.25. The van der Waals surface area contributed by atoms with Crippen LogP contribution in [-0.4, -0.2) is 55.5 Å². The highest BCUT2D eigenvalue weighted by molar-refractivity contribution is 8.00. The monoisotopic (exact) mass is 306 g/mol. The Balaban J connectivity index is 1.75. The topological polar surface area (TPSA) is 75.3 Å². The maximum Gasteiger partial charge on any atom is 0.221 e. The number of hydrogen-bond donors (Lipinski definition) is 2. The van der Waals surface area contributed by atoms with Gasteiger partial charge in [0.05, 0.1) is 11.5 Å². The van der Waals surface area contributed by atoms with Gasteiger partial charge in [-0.25, -0.2) is 8.42 Å². The summed E-state index contributed by atoms with van der Waals surface area (Å²) in [4.78, 5) is 11.9. The summed E-state index contributed by atoms with van der Waals surface area (Å²) >= 11 is 1.91. The molecule has 0 saturated carbocycles. The molecule has 0 aromatic carbocycles. The highest BCUT2D eigenvalue weighted by Gasteiger charge is 2.31. The second-order valence-electron chi connectivity index (χ2n) is 5.65. The molecule has 110 valence electrons. The quantitative estimate of drug-likeness (QED) is 0.774. The fraction of sp³-hybridized carbons (Fsp3) is 0.917. The molecule has 0 aliphatic carbocycles. The van der Waals surface area contributed by atoms with Crippen LogP contribution in [0.15, 0.2) is 0 Å². The lowest BCUT2D eigenvalue weighted by atomic mass is 10.1. The molecular formula is C12H22N2O3S2. The van der Waals surface area contributed by atoms with E-state index in [0.29, 0.717) is 13.1 Å². The van der Waals surface area contributed by atoms with Gasteiger partial charge in [0.15, 0.2) is 9.84 Å². The van der Waals surface area contributed by atoms with Crippen molar-refractivity contribution in [3.8, 4) is 0 Å². The number of carbonyl (C=O) groups excluding carboxylic acids is 1. The fourth-order valence-corrected chi connectivity index (χ4v) is 5.24. The molecule has 2 saturated heterocycles. The number of amides is 1. The third-order valence-corrected chi connectivity index (χ3v) is 6.97. The lowest BCUT2D eigenvalue weighted by molar-refractivity contribution is -0.121. The summed E-state index contributed by atoms with van der Waals surface area (Å²) in [5.74, 6) is 1.37. The molecule has 2 aliphatic rings. The molecule has 2 fully saturated rings. The minimum Gasteiger partial charge on any atom is -0.355 e. The SMILES string of the molecule is CC1(CNC(=O)CC2CS(=O)(=O)CCN2)CCCS1. The van der Waals surface area contributed by atoms with Gasteiger partial charge in [-0.3, -0.25) is 4.79 Å². The molecule has 0 aromatic rings. The molecule has 19 heavy (non-hydrogen) atoms. The van der Waals surface area contributed by atoms with Crippen LogP contribution in [0.3, 0.4) is 0 Å². The van der Waals surface area contributed by atoms with E-state index in [1.165, 1.54) is 6.42 Å². The number of thioether (sulfide) groups is 1. The maximum absolute atomic E-state index is 11.9. The summed E-state index contributed by atoms with van der Waals surface area (Å²) < 4.78 is 23.1. The molecule has 2 rings (SSSR count). The van der Waals surface area contributed by atoms with Crippen molar-refractivity contribution in [2.75, 3.05) is 30.3 Å². The van der Waals surface area contributed by atoms with Crippen molar-refractivity contribution in [2.24, 2.45) is 0 Å². The Labute approximate surface area is 119 Å². The molecule has 2 heterocycles. The van der Waals surface area contributed by atoms with Gasteiger partial charge < -0.3 is 10.6 Å². The van der Waals surface area contributed by atoms with Gasteiger partial charge in [0.1, 0.15) is 0 Å². The third kappa shape index (κ3) is 4.65. The third-order valence-electron chi connectivity index (χ3n) is 3.69. The molecule has 5 nitrogen and oxygen atoms in total. The first-order chi connectivity index (χ1) is 8.89. The minimum absolute atomic E-state index is 0.0525. The Hall–Kier alpha value is -0.270. The van der Waals surface area contributed by atoms with Crippen LogP contribution in [0.4, 0.5) is 0 Å². The number of sulfone groups is 1. The summed E-state index contributed by atoms with van der Waals surface area (Å²) in [5.41, 5.74) is 0. The van der Waals surface area contributed by atoms with E-state index in [1.54, 1.807) is 0 Å². The Kier molecular flexibility index (Phi) is 4.79. The highest BCUT2D eigenvalue weighted by atomic mass is 32.2. The Morgan fingerprint density at radius 1 is 1.53 bits per heavy atom. The Bertz CT molecular complexity index is 430. The molecule has 0 spiro atoms. The first-order valence-electron chi connectivity index (χ1n) is 6.73. The summed E-state index contributed by atoms with van der Waals surface area (Å²) in [7, 11) is -2.97. The highest BCUT2D eigenvalue weighted by Crippen LogP contribution is 2.36. The van der Waals surface area contributed by atoms with Gasteiger partial charge in [-0.1, -0.05) is 0 Å². The summed E-state index contributed by atoms with van der Waals surface area (Å²) in [6.07, 6.45) is 2.59. The fourth-order valence-electron chi connectivity index (χ4n) is 2.56. The largest absolute Gasteiger partial charge is 0.355 e. The van der Waals surface area contributed by atoms with Gasteiger partial charge in [-0.05, 0) is 25.5 Å². The first-order valence-corrected chi connectivity index (χ1v) is 9.54. The summed E-state index contributed by atoms with van der Waals surface area (Å²) in [5, 5.41) is 6.04. The summed E-state index contributed by atoms with van der Waals surface area (Å²) in [6.45, 7) is 3.30. The molecule has 0 radical (unpaired) electrons. The van der Waals surface area contributed by atoms with Crippen LogP contribution in [-0.2, 0) is 14.6 Å². The van der Waals surface area contributed by atoms with E-state index in [-0.39, 0.29) is 34.6 Å². The van der Waals surface area contributed by atoms with Crippen LogP contribution in [0.1, 0.15) is 26.2 Å². The van der Waals surface area contributed by atoms with Gasteiger partial charge >= 0.3 is 0 Å². The van der Waals surface area contributed by atoms with Crippen LogP contribution in [0.2, 0.25) is 0 Å². The Morgan fingerprint density at radius 2 is 2.32 bits per heavy atom. The zero-order chi connectivity index (χ0) is 13.9. The van der Waals surface area contributed by atoms with E-state index in [9.17, 15) is 13.2 Å². The van der Waals surface area contributed by atoms with Crippen molar-refractivity contribution in [1.29, 1.82) is 0 Å². The second kappa shape index (κ2) is 6.01. The first kappa shape index (κ1) is 15.1. The van der Waals surface area contributed by atoms with Crippen molar-refractivity contribution in [3.63, 3.8) is 0 Å². The molecule has 2 aliphatic heterocycles. The zero-order valence-electron chi connectivity index (χ0n) is 11.3. The molecule has 2 unspecified atom stereocenters. The lowest BCUT2D eigenvalue weighted by Crippen LogP contribution is -2.48. The predicted molar refractivity (Wildman–Crippen MR) is 78.2 cm³/mol. The van der Waals surface area contributed by atoms with Crippen LogP contribution in [0.5, 0.6) is 0 Å². The Morgan fingerprint density at radius 3 is 2.95 bits per heavy atom. The van der Waals surface area contributed by atoms with Gasteiger partial charge in [0, 0.05) is 30.3 Å². The van der Waals surface area contributed by atoms with Crippen molar-refractivity contribution in [1.82, 2.24) is 10.6 Å². The second-order valence-corrected chi connectivity index (χ2v) is 9.56. The average molecular weight is 306 g/mol. The molecule has 2 N–H and O–H groups in total. The summed E-state index contributed by atoms with van der Waals surface area (Å²) in [6, 6.07) is -0.234. The van der Waals surface area contributed by atoms with E-state index in [4.69, 9.17) is 0 Å². The van der Waals surface area contributed by atoms with Gasteiger partial charge in [0.25, 0.3) is 0 Å². The van der Waals surface area contributed by atoms with Gasteiger partial charge in [0.2, 0.25) is 5.91 Å². The molecule has 1 amide bonds. The normalized spacial score (nSPS) is 34.1. The zero-order valence-corrected chi connectivity index (χ0v) is 12.9. The van der Waals surface area contributed by atoms with E-state index in [2.05, 4.69) is 17.6 Å². The van der Waals surface area contributed by atoms with E-state index >= 15 is 0 Å². The van der Waals surface area contributed by atoms with Crippen LogP contribution in [0.25, 0.3) is 0 Å². The average Bonchev–Trinajstić information content (AvgIpc) is 2.73. The molecule has 0 bridgehead atoms. The van der Waals surface area contributed by atoms with Crippen molar-refractivity contribution in [2.45, 2.75) is 37.0 Å².